The van der Waals surface area contributed by atoms with Crippen LogP contribution in [0.5, 0.6) is 0 Å². The van der Waals surface area contributed by atoms with Gasteiger partial charge in [0.1, 0.15) is 17.9 Å². The Kier molecular flexibility index (Phi) is 3.70. The zero-order valence-corrected chi connectivity index (χ0v) is 11.1. The second kappa shape index (κ2) is 5.29. The van der Waals surface area contributed by atoms with E-state index in [1.807, 2.05) is 6.07 Å². The average molecular weight is 276 g/mol. The van der Waals surface area contributed by atoms with Gasteiger partial charge in [0.25, 0.3) is 0 Å². The van der Waals surface area contributed by atoms with Crippen LogP contribution in [0.2, 0.25) is 0 Å². The highest BCUT2D eigenvalue weighted by Crippen LogP contribution is 2.39. The van der Waals surface area contributed by atoms with Gasteiger partial charge < -0.3 is 9.47 Å². The van der Waals surface area contributed by atoms with E-state index in [1.54, 1.807) is 13.8 Å². The number of aliphatic imine (C=N–C) groups is 1. The number of nitrogens with zero attached hydrogens (tertiary/aromatic N) is 2. The number of hydrogen-bond acceptors (Lipinski definition) is 5. The van der Waals surface area contributed by atoms with Crippen molar-refractivity contribution < 1.29 is 18.7 Å². The van der Waals surface area contributed by atoms with Crippen molar-refractivity contribution in [1.29, 1.82) is 5.26 Å². The summed E-state index contributed by atoms with van der Waals surface area (Å²) in [4.78, 5) is 16.2. The van der Waals surface area contributed by atoms with Crippen molar-refractivity contribution in [3.05, 3.63) is 35.6 Å². The summed E-state index contributed by atoms with van der Waals surface area (Å²) in [5.74, 6) is -0.988. The van der Waals surface area contributed by atoms with Gasteiger partial charge in [-0.15, -0.1) is 0 Å². The lowest BCUT2D eigenvalue weighted by Gasteiger charge is -2.24. The summed E-state index contributed by atoms with van der Waals surface area (Å²) in [6.45, 7) is 3.31. The van der Waals surface area contributed by atoms with Gasteiger partial charge in [0, 0.05) is 6.92 Å². The number of nitriles is 1. The van der Waals surface area contributed by atoms with Gasteiger partial charge in [-0.05, 0) is 24.6 Å². The number of carbonyl (C=O) groups is 1. The van der Waals surface area contributed by atoms with Crippen LogP contribution in [0, 0.1) is 17.1 Å². The maximum Gasteiger partial charge on any atom is 0.368 e. The second-order valence-electron chi connectivity index (χ2n) is 4.27. The lowest BCUT2D eigenvalue weighted by molar-refractivity contribution is -0.158. The van der Waals surface area contributed by atoms with Gasteiger partial charge in [0.15, 0.2) is 5.90 Å². The molecule has 0 saturated heterocycles. The van der Waals surface area contributed by atoms with E-state index in [2.05, 4.69) is 4.99 Å². The Morgan fingerprint density at radius 1 is 1.55 bits per heavy atom. The fourth-order valence-electron chi connectivity index (χ4n) is 2.06. The molecule has 0 saturated carbocycles. The van der Waals surface area contributed by atoms with Crippen LogP contribution in [0.4, 0.5) is 4.39 Å². The molecule has 1 heterocycles. The van der Waals surface area contributed by atoms with Gasteiger partial charge in [-0.1, -0.05) is 12.1 Å². The smallest absolute Gasteiger partial charge is 0.368 e. The van der Waals surface area contributed by atoms with Crippen molar-refractivity contribution in [1.82, 2.24) is 0 Å². The van der Waals surface area contributed by atoms with Crippen LogP contribution < -0.4 is 0 Å². The molecule has 0 spiro atoms. The molecule has 6 heteroatoms. The van der Waals surface area contributed by atoms with Gasteiger partial charge in [-0.25, -0.2) is 14.2 Å². The Morgan fingerprint density at radius 2 is 2.20 bits per heavy atom. The Balaban J connectivity index is 2.45. The maximum atomic E-state index is 13.0. The third-order valence-electron chi connectivity index (χ3n) is 2.94. The molecule has 0 fully saturated rings. The third kappa shape index (κ3) is 2.23. The molecule has 0 aromatic heterocycles. The zero-order chi connectivity index (χ0) is 14.8. The van der Waals surface area contributed by atoms with Crippen LogP contribution in [0.15, 0.2) is 29.3 Å². The summed E-state index contributed by atoms with van der Waals surface area (Å²) in [5, 5.41) is 9.39. The van der Waals surface area contributed by atoms with E-state index in [4.69, 9.17) is 9.47 Å². The van der Waals surface area contributed by atoms with E-state index in [0.29, 0.717) is 5.56 Å². The molecule has 5 nitrogen and oxygen atoms in total. The molecule has 1 aromatic rings. The number of rotatable bonds is 3. The van der Waals surface area contributed by atoms with Crippen molar-refractivity contribution in [2.75, 3.05) is 6.61 Å². The molecule has 0 N–H and O–H groups in total. The van der Waals surface area contributed by atoms with Gasteiger partial charge in [0.05, 0.1) is 6.61 Å². The lowest BCUT2D eigenvalue weighted by Crippen LogP contribution is -2.44. The van der Waals surface area contributed by atoms with Crippen LogP contribution in [-0.4, -0.2) is 24.1 Å². The monoisotopic (exact) mass is 276 g/mol. The summed E-state index contributed by atoms with van der Waals surface area (Å²) in [5.41, 5.74) is -1.34. The minimum absolute atomic E-state index is 0.126. The third-order valence-corrected chi connectivity index (χ3v) is 2.94. The number of esters is 1. The highest BCUT2D eigenvalue weighted by molar-refractivity contribution is 5.91. The summed E-state index contributed by atoms with van der Waals surface area (Å²) in [6.07, 6.45) is 0. The van der Waals surface area contributed by atoms with E-state index >= 15 is 0 Å². The van der Waals surface area contributed by atoms with Crippen molar-refractivity contribution >= 4 is 11.9 Å². The second-order valence-corrected chi connectivity index (χ2v) is 4.27. The zero-order valence-electron chi connectivity index (χ0n) is 11.1. The van der Waals surface area contributed by atoms with Crippen molar-refractivity contribution in [2.24, 2.45) is 4.99 Å². The first kappa shape index (κ1) is 14.0. The Morgan fingerprint density at radius 3 is 2.75 bits per heavy atom. The van der Waals surface area contributed by atoms with Crippen molar-refractivity contribution in [3.8, 4) is 6.07 Å². The van der Waals surface area contributed by atoms with Gasteiger partial charge >= 0.3 is 11.6 Å². The van der Waals surface area contributed by atoms with Crippen LogP contribution in [0.3, 0.4) is 0 Å². The normalized spacial score (nSPS) is 24.5. The summed E-state index contributed by atoms with van der Waals surface area (Å²) < 4.78 is 23.2. The van der Waals surface area contributed by atoms with E-state index in [1.165, 1.54) is 24.3 Å². The largest absolute Gasteiger partial charge is 0.462 e. The molecule has 2 atom stereocenters. The minimum Gasteiger partial charge on any atom is -0.462 e. The number of hydrogen-bond donors (Lipinski definition) is 0. The fraction of sp³-hybridized carbons (Fsp3) is 0.357. The Bertz CT molecular complexity index is 591. The molecular weight excluding hydrogens is 263 g/mol. The topological polar surface area (TPSA) is 71.7 Å². The molecule has 0 amide bonds. The van der Waals surface area contributed by atoms with Gasteiger partial charge in [0.2, 0.25) is 0 Å². The standard InChI is InChI=1S/C14H13FN2O3/c1-3-19-13(18)14(8-16)12(17-9(2)20-14)10-4-6-11(15)7-5-10/h4-7,12H,3H2,1-2H3. The number of benzene rings is 1. The van der Waals surface area contributed by atoms with Crippen LogP contribution >= 0.6 is 0 Å². The first-order valence-electron chi connectivity index (χ1n) is 6.11. The molecule has 0 aliphatic carbocycles. The van der Waals surface area contributed by atoms with E-state index < -0.39 is 23.4 Å². The molecule has 0 bridgehead atoms. The van der Waals surface area contributed by atoms with E-state index in [0.717, 1.165) is 0 Å². The van der Waals surface area contributed by atoms with Crippen molar-refractivity contribution in [2.45, 2.75) is 25.5 Å². The van der Waals surface area contributed by atoms with Gasteiger partial charge in [-0.3, -0.25) is 0 Å². The van der Waals surface area contributed by atoms with E-state index in [9.17, 15) is 14.4 Å². The molecule has 2 unspecified atom stereocenters. The van der Waals surface area contributed by atoms with Gasteiger partial charge in [-0.2, -0.15) is 5.26 Å². The predicted octanol–water partition coefficient (Wildman–Crippen LogP) is 2.14. The number of halogens is 1. The van der Waals surface area contributed by atoms with E-state index in [-0.39, 0.29) is 12.5 Å². The van der Waals surface area contributed by atoms with Crippen molar-refractivity contribution in [3.63, 3.8) is 0 Å². The maximum absolute atomic E-state index is 13.0. The summed E-state index contributed by atoms with van der Waals surface area (Å²) in [7, 11) is 0. The molecule has 0 radical (unpaired) electrons. The number of carbonyl (C=O) groups excluding carboxylic acids is 1. The Hall–Kier alpha value is -2.42. The molecular formula is C14H13FN2O3. The molecule has 20 heavy (non-hydrogen) atoms. The number of ether oxygens (including phenoxy) is 2. The van der Waals surface area contributed by atoms with Crippen LogP contribution in [0.25, 0.3) is 0 Å². The fourth-order valence-corrected chi connectivity index (χ4v) is 2.06. The minimum atomic E-state index is -1.85. The highest BCUT2D eigenvalue weighted by atomic mass is 19.1. The summed E-state index contributed by atoms with van der Waals surface area (Å²) >= 11 is 0. The average Bonchev–Trinajstić information content (AvgIpc) is 2.78. The first-order chi connectivity index (χ1) is 9.53. The predicted molar refractivity (Wildman–Crippen MR) is 68.3 cm³/mol. The molecule has 1 aliphatic rings. The van der Waals surface area contributed by atoms with Crippen LogP contribution in [0.1, 0.15) is 25.5 Å². The van der Waals surface area contributed by atoms with Crippen LogP contribution in [-0.2, 0) is 14.3 Å². The molecule has 104 valence electrons. The molecule has 1 aromatic carbocycles. The first-order valence-corrected chi connectivity index (χ1v) is 6.11. The summed E-state index contributed by atoms with van der Waals surface area (Å²) in [6, 6.07) is 6.40. The quantitative estimate of drug-likeness (QED) is 0.793. The molecule has 2 rings (SSSR count). The molecule has 1 aliphatic heterocycles. The Labute approximate surface area is 115 Å². The lowest BCUT2D eigenvalue weighted by atomic mass is 9.90. The highest BCUT2D eigenvalue weighted by Gasteiger charge is 2.55. The SMILES string of the molecule is CCOC(=O)C1(C#N)OC(C)=NC1c1ccc(F)cc1.